The highest BCUT2D eigenvalue weighted by atomic mass is 19.1. The summed E-state index contributed by atoms with van der Waals surface area (Å²) in [5.74, 6) is -2.83. The Balaban J connectivity index is 2.37. The first-order chi connectivity index (χ1) is 10.8. The van der Waals surface area contributed by atoms with Crippen molar-refractivity contribution < 1.29 is 24.2 Å². The molecule has 1 heterocycles. The number of aliphatic carboxylic acids is 1. The van der Waals surface area contributed by atoms with Gasteiger partial charge in [-0.1, -0.05) is 10.9 Å². The zero-order chi connectivity index (χ0) is 17.1. The topological polar surface area (TPSA) is 99.5 Å². The minimum Gasteiger partial charge on any atom is -0.505 e. The summed E-state index contributed by atoms with van der Waals surface area (Å²) in [6.45, 7) is -0.579. The number of hydrogen-bond acceptors (Lipinski definition) is 4. The molecule has 23 heavy (non-hydrogen) atoms. The molecule has 0 saturated carbocycles. The summed E-state index contributed by atoms with van der Waals surface area (Å²) in [4.78, 5) is 26.0. The Hall–Kier alpha value is -2.83. The highest BCUT2D eigenvalue weighted by Gasteiger charge is 2.16. The summed E-state index contributed by atoms with van der Waals surface area (Å²) in [6.07, 6.45) is 1.33. The van der Waals surface area contributed by atoms with E-state index >= 15 is 0 Å². The van der Waals surface area contributed by atoms with Crippen molar-refractivity contribution in [1.29, 1.82) is 0 Å². The lowest BCUT2D eigenvalue weighted by Crippen LogP contribution is -2.30. The lowest BCUT2D eigenvalue weighted by molar-refractivity contribution is -0.135. The molecule has 3 N–H and O–H groups in total. The summed E-state index contributed by atoms with van der Waals surface area (Å²) in [6, 6.07) is 4.02. The van der Waals surface area contributed by atoms with Gasteiger partial charge in [0.1, 0.15) is 33.8 Å². The number of carbonyl (C=O) groups excluding carboxylic acids is 1. The summed E-state index contributed by atoms with van der Waals surface area (Å²) < 4.78 is 13.6. The van der Waals surface area contributed by atoms with Crippen LogP contribution in [0.5, 0.6) is 5.75 Å². The SMILES string of the molecule is Bc1cc(F)cc(-c2cnc(C(=O)NCC(=O)O)c(O)c2)c1B. The number of aromatic hydroxyl groups is 1. The van der Waals surface area contributed by atoms with Gasteiger partial charge in [0.05, 0.1) is 0 Å². The summed E-state index contributed by atoms with van der Waals surface area (Å²) in [7, 11) is 3.58. The van der Waals surface area contributed by atoms with E-state index < -0.39 is 30.0 Å². The molecule has 0 bridgehead atoms. The number of aromatic nitrogens is 1. The van der Waals surface area contributed by atoms with Gasteiger partial charge in [0.2, 0.25) is 0 Å². The van der Waals surface area contributed by atoms with E-state index in [1.54, 1.807) is 7.85 Å². The van der Waals surface area contributed by atoms with Gasteiger partial charge in [0.15, 0.2) is 5.69 Å². The molecule has 2 rings (SSSR count). The summed E-state index contributed by atoms with van der Waals surface area (Å²) in [5.41, 5.74) is 2.31. The van der Waals surface area contributed by atoms with Crippen molar-refractivity contribution in [2.75, 3.05) is 6.54 Å². The zero-order valence-electron chi connectivity index (χ0n) is 12.6. The first kappa shape index (κ1) is 16.5. The number of carboxylic acids is 1. The van der Waals surface area contributed by atoms with Crippen molar-refractivity contribution in [3.63, 3.8) is 0 Å². The molecule has 0 aliphatic rings. The Morgan fingerprint density at radius 2 is 1.96 bits per heavy atom. The fourth-order valence-corrected chi connectivity index (χ4v) is 2.13. The molecular weight excluding hydrogens is 301 g/mol. The second-order valence-electron chi connectivity index (χ2n) is 5.06. The maximum atomic E-state index is 13.6. The molecule has 116 valence electrons. The average Bonchev–Trinajstić information content (AvgIpc) is 2.48. The fourth-order valence-electron chi connectivity index (χ4n) is 2.13. The van der Waals surface area contributed by atoms with Gasteiger partial charge in [-0.2, -0.15) is 0 Å². The zero-order valence-corrected chi connectivity index (χ0v) is 12.6. The first-order valence-corrected chi connectivity index (χ1v) is 6.75. The van der Waals surface area contributed by atoms with E-state index in [4.69, 9.17) is 5.11 Å². The van der Waals surface area contributed by atoms with Crippen LogP contribution in [0, 0.1) is 5.82 Å². The molecule has 0 spiro atoms. The Morgan fingerprint density at radius 1 is 1.26 bits per heavy atom. The Morgan fingerprint density at radius 3 is 2.57 bits per heavy atom. The minimum absolute atomic E-state index is 0.291. The van der Waals surface area contributed by atoms with Crippen molar-refractivity contribution in [3.8, 4) is 16.9 Å². The predicted molar refractivity (Wildman–Crippen MR) is 87.6 cm³/mol. The van der Waals surface area contributed by atoms with Crippen molar-refractivity contribution in [3.05, 3.63) is 35.9 Å². The highest BCUT2D eigenvalue weighted by Crippen LogP contribution is 2.23. The van der Waals surface area contributed by atoms with Crippen LogP contribution in [0.1, 0.15) is 10.5 Å². The van der Waals surface area contributed by atoms with Crippen LogP contribution in [-0.4, -0.2) is 49.3 Å². The van der Waals surface area contributed by atoms with Gasteiger partial charge in [0, 0.05) is 11.8 Å². The van der Waals surface area contributed by atoms with E-state index in [-0.39, 0.29) is 5.69 Å². The smallest absolute Gasteiger partial charge is 0.322 e. The van der Waals surface area contributed by atoms with Crippen LogP contribution >= 0.6 is 0 Å². The number of nitrogens with zero attached hydrogens (tertiary/aromatic N) is 1. The molecule has 0 unspecified atom stereocenters. The third-order valence-electron chi connectivity index (χ3n) is 3.43. The maximum absolute atomic E-state index is 13.6. The van der Waals surface area contributed by atoms with Crippen LogP contribution < -0.4 is 16.2 Å². The van der Waals surface area contributed by atoms with Gasteiger partial charge in [-0.05, 0) is 23.8 Å². The van der Waals surface area contributed by atoms with Gasteiger partial charge in [-0.25, -0.2) is 9.37 Å². The third kappa shape index (κ3) is 3.68. The van der Waals surface area contributed by atoms with Crippen molar-refractivity contribution in [2.45, 2.75) is 0 Å². The third-order valence-corrected chi connectivity index (χ3v) is 3.43. The monoisotopic (exact) mass is 314 g/mol. The number of rotatable bonds is 4. The van der Waals surface area contributed by atoms with Crippen LogP contribution in [0.25, 0.3) is 11.1 Å². The summed E-state index contributed by atoms with van der Waals surface area (Å²) >= 11 is 0. The molecule has 9 heteroatoms. The number of hydrogen-bond donors (Lipinski definition) is 3. The van der Waals surface area contributed by atoms with Gasteiger partial charge in [-0.15, -0.1) is 0 Å². The Kier molecular flexibility index (Phi) is 4.68. The van der Waals surface area contributed by atoms with Crippen LogP contribution in [0.15, 0.2) is 24.4 Å². The second kappa shape index (κ2) is 6.51. The molecule has 1 aromatic carbocycles. The van der Waals surface area contributed by atoms with Crippen molar-refractivity contribution in [1.82, 2.24) is 10.3 Å². The van der Waals surface area contributed by atoms with Crippen molar-refractivity contribution >= 4 is 38.5 Å². The van der Waals surface area contributed by atoms with Gasteiger partial charge < -0.3 is 15.5 Å². The lowest BCUT2D eigenvalue weighted by atomic mass is 9.76. The molecule has 1 amide bonds. The average molecular weight is 314 g/mol. The van der Waals surface area contributed by atoms with Gasteiger partial charge in [-0.3, -0.25) is 9.59 Å². The molecule has 0 fully saturated rings. The molecule has 0 aliphatic heterocycles. The number of pyridine rings is 1. The standard InChI is InChI=1S/C14H13B2FN2O4/c15-9-3-7(17)2-8(12(9)16)6-1-10(20)13(18-4-6)14(23)19-5-11(21)22/h1-4,20H,5,15-16H2,(H,19,23)(H,21,22). The molecule has 2 aromatic rings. The predicted octanol–water partition coefficient (Wildman–Crippen LogP) is -2.08. The summed E-state index contributed by atoms with van der Waals surface area (Å²) in [5, 5.41) is 20.6. The van der Waals surface area contributed by atoms with E-state index in [1.807, 2.05) is 7.85 Å². The second-order valence-corrected chi connectivity index (χ2v) is 5.06. The minimum atomic E-state index is -1.21. The number of amides is 1. The number of carbonyl (C=O) groups is 2. The Labute approximate surface area is 133 Å². The lowest BCUT2D eigenvalue weighted by Gasteiger charge is -2.11. The van der Waals surface area contributed by atoms with Gasteiger partial charge >= 0.3 is 5.97 Å². The maximum Gasteiger partial charge on any atom is 0.322 e. The number of carboxylic acid groups (broad SMARTS) is 1. The first-order valence-electron chi connectivity index (χ1n) is 6.75. The molecular formula is C14H13B2FN2O4. The van der Waals surface area contributed by atoms with Crippen LogP contribution in [-0.2, 0) is 4.79 Å². The molecule has 0 radical (unpaired) electrons. The van der Waals surface area contributed by atoms with Crippen molar-refractivity contribution in [2.24, 2.45) is 0 Å². The van der Waals surface area contributed by atoms with E-state index in [0.717, 1.165) is 10.9 Å². The molecule has 6 nitrogen and oxygen atoms in total. The number of halogens is 1. The normalized spacial score (nSPS) is 10.3. The molecule has 1 aromatic heterocycles. The van der Waals surface area contributed by atoms with Crippen LogP contribution in [0.2, 0.25) is 0 Å². The number of nitrogens with one attached hydrogen (secondary N) is 1. The highest BCUT2D eigenvalue weighted by molar-refractivity contribution is 6.50. The van der Waals surface area contributed by atoms with Gasteiger partial charge in [0.25, 0.3) is 5.91 Å². The fraction of sp³-hybridized carbons (Fsp3) is 0.0714. The van der Waals surface area contributed by atoms with E-state index in [2.05, 4.69) is 10.3 Å². The Bertz CT molecular complexity index is 799. The van der Waals surface area contributed by atoms with E-state index in [0.29, 0.717) is 11.1 Å². The number of benzene rings is 1. The van der Waals surface area contributed by atoms with Crippen LogP contribution in [0.3, 0.4) is 0 Å². The molecule has 0 atom stereocenters. The largest absolute Gasteiger partial charge is 0.505 e. The van der Waals surface area contributed by atoms with E-state index in [9.17, 15) is 19.1 Å². The van der Waals surface area contributed by atoms with Crippen LogP contribution in [0.4, 0.5) is 4.39 Å². The molecule has 0 aliphatic carbocycles. The molecule has 0 saturated heterocycles. The quantitative estimate of drug-likeness (QED) is 0.563. The van der Waals surface area contributed by atoms with E-state index in [1.165, 1.54) is 24.4 Å².